The third kappa shape index (κ3) is 8.78. The molecule has 0 saturated heterocycles. The van der Waals surface area contributed by atoms with Crippen LogP contribution in [0.3, 0.4) is 0 Å². The molecule has 0 radical (unpaired) electrons. The van der Waals surface area contributed by atoms with Gasteiger partial charge in [-0.15, -0.1) is 0 Å². The third-order valence-electron chi connectivity index (χ3n) is 6.60. The second-order valence-corrected chi connectivity index (χ2v) is 10.4. The van der Waals surface area contributed by atoms with Gasteiger partial charge in [-0.3, -0.25) is 14.4 Å². The van der Waals surface area contributed by atoms with Gasteiger partial charge in [0, 0.05) is 23.5 Å². The Morgan fingerprint density at radius 1 is 0.854 bits per heavy atom. The summed E-state index contributed by atoms with van der Waals surface area (Å²) < 4.78 is 0. The van der Waals surface area contributed by atoms with Crippen LogP contribution in [-0.4, -0.2) is 74.8 Å². The standard InChI is InChI=1S/C29H37N5O7/c1-16(2)11-24(29(40)41)33-27(38)23(13-18-14-31-22-6-4-3-5-20(18)22)32-28(39)25(15-35)34-26(37)21(30)12-17-7-9-19(36)10-8-17/h3-10,14,16,21,23-25,31,35-36H,11-13,15,30H2,1-2H3,(H,32,39)(H,33,38)(H,34,37)(H,40,41). The highest BCUT2D eigenvalue weighted by Crippen LogP contribution is 2.19. The van der Waals surface area contributed by atoms with Crippen molar-refractivity contribution in [3.63, 3.8) is 0 Å². The number of aromatic hydroxyl groups is 1. The maximum absolute atomic E-state index is 13.3. The van der Waals surface area contributed by atoms with Gasteiger partial charge in [0.1, 0.15) is 23.9 Å². The van der Waals surface area contributed by atoms with Gasteiger partial charge in [-0.05, 0) is 48.1 Å². The molecule has 0 aliphatic carbocycles. The second-order valence-electron chi connectivity index (χ2n) is 10.4. The molecule has 0 aliphatic heterocycles. The molecule has 2 aromatic carbocycles. The summed E-state index contributed by atoms with van der Waals surface area (Å²) in [6.45, 7) is 2.89. The van der Waals surface area contributed by atoms with Crippen molar-refractivity contribution in [2.75, 3.05) is 6.61 Å². The van der Waals surface area contributed by atoms with Gasteiger partial charge in [0.25, 0.3) is 0 Å². The molecule has 12 heteroatoms. The first-order valence-electron chi connectivity index (χ1n) is 13.3. The van der Waals surface area contributed by atoms with Gasteiger partial charge in [0.2, 0.25) is 17.7 Å². The number of carbonyl (C=O) groups excluding carboxylic acids is 3. The number of carboxylic acid groups (broad SMARTS) is 1. The molecule has 1 aromatic heterocycles. The average Bonchev–Trinajstić information content (AvgIpc) is 3.34. The van der Waals surface area contributed by atoms with Gasteiger partial charge in [0.05, 0.1) is 12.6 Å². The summed E-state index contributed by atoms with van der Waals surface area (Å²) in [4.78, 5) is 54.1. The van der Waals surface area contributed by atoms with Crippen LogP contribution in [0.2, 0.25) is 0 Å². The van der Waals surface area contributed by atoms with E-state index in [9.17, 15) is 34.5 Å². The molecule has 3 amide bonds. The Bertz CT molecular complexity index is 1360. The smallest absolute Gasteiger partial charge is 0.326 e. The number of carbonyl (C=O) groups is 4. The maximum Gasteiger partial charge on any atom is 0.326 e. The fraction of sp³-hybridized carbons (Fsp3) is 0.379. The van der Waals surface area contributed by atoms with E-state index in [1.54, 1.807) is 18.3 Å². The molecule has 12 nitrogen and oxygen atoms in total. The van der Waals surface area contributed by atoms with Gasteiger partial charge < -0.3 is 42.0 Å². The van der Waals surface area contributed by atoms with E-state index in [4.69, 9.17) is 5.73 Å². The molecule has 4 atom stereocenters. The minimum atomic E-state index is -1.42. The fourth-order valence-corrected chi connectivity index (χ4v) is 4.42. The summed E-state index contributed by atoms with van der Waals surface area (Å²) in [6, 6.07) is 8.65. The van der Waals surface area contributed by atoms with Crippen LogP contribution in [0.1, 0.15) is 31.4 Å². The molecule has 1 heterocycles. The van der Waals surface area contributed by atoms with Gasteiger partial charge in [-0.25, -0.2) is 4.79 Å². The van der Waals surface area contributed by atoms with Crippen molar-refractivity contribution in [2.24, 2.45) is 11.7 Å². The molecule has 0 aliphatic rings. The Morgan fingerprint density at radius 2 is 1.46 bits per heavy atom. The molecular formula is C29H37N5O7. The van der Waals surface area contributed by atoms with Crippen molar-refractivity contribution in [2.45, 2.75) is 57.3 Å². The third-order valence-corrected chi connectivity index (χ3v) is 6.60. The molecule has 4 unspecified atom stereocenters. The molecule has 41 heavy (non-hydrogen) atoms. The molecular weight excluding hydrogens is 530 g/mol. The number of aliphatic hydroxyl groups excluding tert-OH is 1. The first kappa shape index (κ1) is 31.1. The number of amides is 3. The Morgan fingerprint density at radius 3 is 2.10 bits per heavy atom. The minimum Gasteiger partial charge on any atom is -0.508 e. The van der Waals surface area contributed by atoms with E-state index in [1.807, 2.05) is 38.1 Å². The van der Waals surface area contributed by atoms with Crippen LogP contribution in [0, 0.1) is 5.92 Å². The minimum absolute atomic E-state index is 0.0159. The molecule has 0 spiro atoms. The number of nitrogens with one attached hydrogen (secondary N) is 4. The largest absolute Gasteiger partial charge is 0.508 e. The van der Waals surface area contributed by atoms with Crippen LogP contribution in [0.25, 0.3) is 10.9 Å². The normalized spacial score (nSPS) is 14.2. The van der Waals surface area contributed by atoms with E-state index >= 15 is 0 Å². The number of rotatable bonds is 14. The number of para-hydroxylation sites is 1. The topological polar surface area (TPSA) is 207 Å². The number of aromatic nitrogens is 1. The number of hydrogen-bond acceptors (Lipinski definition) is 7. The zero-order valence-corrected chi connectivity index (χ0v) is 23.0. The van der Waals surface area contributed by atoms with E-state index in [0.717, 1.165) is 10.9 Å². The number of fused-ring (bicyclic) bond motifs is 1. The SMILES string of the molecule is CC(C)CC(NC(=O)C(Cc1c[nH]c2ccccc12)NC(=O)C(CO)NC(=O)C(N)Cc1ccc(O)cc1)C(=O)O. The number of phenols is 1. The second kappa shape index (κ2) is 14.3. The van der Waals surface area contributed by atoms with E-state index in [-0.39, 0.29) is 30.9 Å². The molecule has 0 saturated carbocycles. The Labute approximate surface area is 237 Å². The molecule has 3 aromatic rings. The lowest BCUT2D eigenvalue weighted by atomic mass is 10.0. The molecule has 220 valence electrons. The zero-order valence-electron chi connectivity index (χ0n) is 23.0. The van der Waals surface area contributed by atoms with E-state index in [2.05, 4.69) is 20.9 Å². The summed E-state index contributed by atoms with van der Waals surface area (Å²) >= 11 is 0. The van der Waals surface area contributed by atoms with E-state index in [1.165, 1.54) is 12.1 Å². The maximum atomic E-state index is 13.3. The lowest BCUT2D eigenvalue weighted by Gasteiger charge is -2.25. The molecule has 0 fully saturated rings. The number of carboxylic acids is 1. The van der Waals surface area contributed by atoms with Gasteiger partial charge in [0.15, 0.2) is 0 Å². The van der Waals surface area contributed by atoms with Crippen molar-refractivity contribution in [3.05, 3.63) is 65.9 Å². The Kier molecular flexibility index (Phi) is 10.8. The number of hydrogen-bond donors (Lipinski definition) is 8. The highest BCUT2D eigenvalue weighted by molar-refractivity contribution is 5.95. The van der Waals surface area contributed by atoms with Gasteiger partial charge in [-0.1, -0.05) is 44.2 Å². The predicted molar refractivity (Wildman–Crippen MR) is 152 cm³/mol. The fourth-order valence-electron chi connectivity index (χ4n) is 4.42. The van der Waals surface area contributed by atoms with Crippen LogP contribution < -0.4 is 21.7 Å². The van der Waals surface area contributed by atoms with Crippen LogP contribution in [0.4, 0.5) is 0 Å². The first-order chi connectivity index (χ1) is 19.5. The summed E-state index contributed by atoms with van der Waals surface area (Å²) in [5.74, 6) is -3.41. The number of phenolic OH excluding ortho intramolecular Hbond substituents is 1. The number of aromatic amines is 1. The van der Waals surface area contributed by atoms with E-state index in [0.29, 0.717) is 11.1 Å². The summed E-state index contributed by atoms with van der Waals surface area (Å²) in [5, 5.41) is 37.2. The van der Waals surface area contributed by atoms with Crippen LogP contribution in [-0.2, 0) is 32.0 Å². The van der Waals surface area contributed by atoms with Crippen LogP contribution in [0.15, 0.2) is 54.7 Å². The van der Waals surface area contributed by atoms with Gasteiger partial charge >= 0.3 is 5.97 Å². The number of aliphatic hydroxyl groups is 1. The number of nitrogens with two attached hydrogens (primary N) is 1. The zero-order chi connectivity index (χ0) is 30.1. The lowest BCUT2D eigenvalue weighted by Crippen LogP contribution is -2.58. The number of benzene rings is 2. The lowest BCUT2D eigenvalue weighted by molar-refractivity contribution is -0.142. The number of aliphatic carboxylic acids is 1. The van der Waals surface area contributed by atoms with Crippen LogP contribution >= 0.6 is 0 Å². The predicted octanol–water partition coefficient (Wildman–Crippen LogP) is 0.563. The molecule has 9 N–H and O–H groups in total. The monoisotopic (exact) mass is 567 g/mol. The van der Waals surface area contributed by atoms with Crippen molar-refractivity contribution >= 4 is 34.6 Å². The van der Waals surface area contributed by atoms with Crippen molar-refractivity contribution in [1.29, 1.82) is 0 Å². The Balaban J connectivity index is 1.75. The Hall–Kier alpha value is -4.42. The molecule has 0 bridgehead atoms. The van der Waals surface area contributed by atoms with E-state index < -0.39 is 54.5 Å². The summed E-state index contributed by atoms with van der Waals surface area (Å²) in [6.07, 6.45) is 2.02. The molecule has 3 rings (SSSR count). The highest BCUT2D eigenvalue weighted by Gasteiger charge is 2.31. The van der Waals surface area contributed by atoms with Crippen molar-refractivity contribution in [1.82, 2.24) is 20.9 Å². The number of H-pyrrole nitrogens is 1. The first-order valence-corrected chi connectivity index (χ1v) is 13.3. The quantitative estimate of drug-likeness (QED) is 0.138. The summed E-state index contributed by atoms with van der Waals surface area (Å²) in [5.41, 5.74) is 8.20. The van der Waals surface area contributed by atoms with Crippen LogP contribution in [0.5, 0.6) is 5.75 Å². The van der Waals surface area contributed by atoms with Gasteiger partial charge in [-0.2, -0.15) is 0 Å². The summed E-state index contributed by atoms with van der Waals surface area (Å²) in [7, 11) is 0. The van der Waals surface area contributed by atoms with Crippen molar-refractivity contribution in [3.8, 4) is 5.75 Å². The average molecular weight is 568 g/mol. The highest BCUT2D eigenvalue weighted by atomic mass is 16.4. The van der Waals surface area contributed by atoms with Crippen molar-refractivity contribution < 1.29 is 34.5 Å².